The summed E-state index contributed by atoms with van der Waals surface area (Å²) in [6.07, 6.45) is 3.52. The van der Waals surface area contributed by atoms with Crippen LogP contribution >= 0.6 is 0 Å². The molecule has 1 rings (SSSR count). The number of benzene rings is 1. The first-order chi connectivity index (χ1) is 6.24. The summed E-state index contributed by atoms with van der Waals surface area (Å²) in [5, 5.41) is 0. The second-order valence-corrected chi connectivity index (χ2v) is 3.67. The van der Waals surface area contributed by atoms with Crippen LogP contribution in [0.4, 0.5) is 0 Å². The average Bonchev–Trinajstić information content (AvgIpc) is 2.15. The lowest BCUT2D eigenvalue weighted by molar-refractivity contribution is 0.798. The Labute approximate surface area is 81.3 Å². The maximum Gasteiger partial charge on any atom is 0.00178 e. The Morgan fingerprint density at radius 2 is 1.85 bits per heavy atom. The molecule has 0 aromatic heterocycles. The molecular weight excluding hydrogens is 156 g/mol. The van der Waals surface area contributed by atoms with Gasteiger partial charge in [-0.2, -0.15) is 0 Å². The van der Waals surface area contributed by atoms with Crippen LogP contribution in [0.25, 0.3) is 0 Å². The van der Waals surface area contributed by atoms with Gasteiger partial charge in [0.15, 0.2) is 0 Å². The van der Waals surface area contributed by atoms with Crippen molar-refractivity contribution in [3.05, 3.63) is 47.5 Å². The van der Waals surface area contributed by atoms with Gasteiger partial charge in [-0.05, 0) is 25.8 Å². The van der Waals surface area contributed by atoms with Gasteiger partial charge in [0, 0.05) is 5.92 Å². The molecule has 0 aliphatic carbocycles. The molecule has 0 spiro atoms. The Bertz CT molecular complexity index is 265. The van der Waals surface area contributed by atoms with Crippen molar-refractivity contribution in [2.45, 2.75) is 33.1 Å². The van der Waals surface area contributed by atoms with Gasteiger partial charge < -0.3 is 0 Å². The van der Waals surface area contributed by atoms with E-state index < -0.39 is 0 Å². The summed E-state index contributed by atoms with van der Waals surface area (Å²) < 4.78 is 0. The van der Waals surface area contributed by atoms with Gasteiger partial charge in [0.1, 0.15) is 0 Å². The third kappa shape index (κ3) is 3.06. The molecule has 1 atom stereocenters. The largest absolute Gasteiger partial charge is 0.0798 e. The van der Waals surface area contributed by atoms with Crippen LogP contribution in [0.15, 0.2) is 42.0 Å². The van der Waals surface area contributed by atoms with Crippen LogP contribution in [-0.4, -0.2) is 0 Å². The molecular formula is C13H18. The number of hydrogen-bond acceptors (Lipinski definition) is 0. The van der Waals surface area contributed by atoms with E-state index in [-0.39, 0.29) is 0 Å². The van der Waals surface area contributed by atoms with Crippen molar-refractivity contribution in [2.24, 2.45) is 0 Å². The Kier molecular flexibility index (Phi) is 3.75. The minimum absolute atomic E-state index is 0.589. The standard InChI is InChI=1S/C13H18/c1-4-12(10-11(2)3)13-8-6-5-7-9-13/h5-10,12H,4H2,1-3H3/t12-/m0/s1. The van der Waals surface area contributed by atoms with Crippen LogP contribution in [-0.2, 0) is 0 Å². The second kappa shape index (κ2) is 4.86. The summed E-state index contributed by atoms with van der Waals surface area (Å²) in [6, 6.07) is 10.7. The topological polar surface area (TPSA) is 0 Å². The predicted molar refractivity (Wildman–Crippen MR) is 58.9 cm³/mol. The molecule has 1 aromatic rings. The van der Waals surface area contributed by atoms with Crippen LogP contribution in [0, 0.1) is 0 Å². The molecule has 0 nitrogen and oxygen atoms in total. The highest BCUT2D eigenvalue weighted by atomic mass is 14.1. The van der Waals surface area contributed by atoms with Gasteiger partial charge in [0.25, 0.3) is 0 Å². The van der Waals surface area contributed by atoms with Gasteiger partial charge in [-0.25, -0.2) is 0 Å². The molecule has 0 amide bonds. The number of allylic oxidation sites excluding steroid dienone is 2. The average molecular weight is 174 g/mol. The van der Waals surface area contributed by atoms with Gasteiger partial charge in [-0.3, -0.25) is 0 Å². The Balaban J connectivity index is 2.85. The minimum Gasteiger partial charge on any atom is -0.0798 e. The normalized spacial score (nSPS) is 12.2. The summed E-state index contributed by atoms with van der Waals surface area (Å²) in [5.74, 6) is 0.589. The fourth-order valence-corrected chi connectivity index (χ4v) is 1.55. The molecule has 0 unspecified atom stereocenters. The molecule has 1 aromatic carbocycles. The Hall–Kier alpha value is -1.04. The third-order valence-electron chi connectivity index (χ3n) is 2.20. The molecule has 0 fully saturated rings. The predicted octanol–water partition coefficient (Wildman–Crippen LogP) is 4.15. The van der Waals surface area contributed by atoms with Crippen molar-refractivity contribution < 1.29 is 0 Å². The second-order valence-electron chi connectivity index (χ2n) is 3.67. The third-order valence-corrected chi connectivity index (χ3v) is 2.20. The van der Waals surface area contributed by atoms with E-state index in [1.165, 1.54) is 17.6 Å². The molecule has 0 N–H and O–H groups in total. The lowest BCUT2D eigenvalue weighted by atomic mass is 9.95. The molecule has 0 radical (unpaired) electrons. The monoisotopic (exact) mass is 174 g/mol. The Morgan fingerprint density at radius 3 is 2.31 bits per heavy atom. The molecule has 70 valence electrons. The van der Waals surface area contributed by atoms with Crippen LogP contribution < -0.4 is 0 Å². The molecule has 0 saturated carbocycles. The summed E-state index contributed by atoms with van der Waals surface area (Å²) in [5.41, 5.74) is 2.82. The van der Waals surface area contributed by atoms with E-state index in [1.54, 1.807) is 0 Å². The molecule has 0 bridgehead atoms. The summed E-state index contributed by atoms with van der Waals surface area (Å²) >= 11 is 0. The van der Waals surface area contributed by atoms with E-state index in [1.807, 2.05) is 0 Å². The van der Waals surface area contributed by atoms with E-state index in [0.717, 1.165) is 0 Å². The van der Waals surface area contributed by atoms with Crippen molar-refractivity contribution in [1.29, 1.82) is 0 Å². The highest BCUT2D eigenvalue weighted by molar-refractivity contribution is 5.24. The van der Waals surface area contributed by atoms with Gasteiger partial charge in [-0.1, -0.05) is 48.9 Å². The number of rotatable bonds is 3. The first-order valence-electron chi connectivity index (χ1n) is 4.94. The summed E-state index contributed by atoms with van der Waals surface area (Å²) in [6.45, 7) is 6.55. The molecule has 13 heavy (non-hydrogen) atoms. The van der Waals surface area contributed by atoms with Crippen LogP contribution in [0.3, 0.4) is 0 Å². The summed E-state index contributed by atoms with van der Waals surface area (Å²) in [4.78, 5) is 0. The van der Waals surface area contributed by atoms with E-state index in [0.29, 0.717) is 5.92 Å². The van der Waals surface area contributed by atoms with Gasteiger partial charge in [0.2, 0.25) is 0 Å². The highest BCUT2D eigenvalue weighted by Gasteiger charge is 2.03. The quantitative estimate of drug-likeness (QED) is 0.604. The Morgan fingerprint density at radius 1 is 1.23 bits per heavy atom. The van der Waals surface area contributed by atoms with Crippen molar-refractivity contribution in [3.63, 3.8) is 0 Å². The van der Waals surface area contributed by atoms with Crippen molar-refractivity contribution >= 4 is 0 Å². The van der Waals surface area contributed by atoms with E-state index in [4.69, 9.17) is 0 Å². The maximum absolute atomic E-state index is 2.34. The van der Waals surface area contributed by atoms with Gasteiger partial charge >= 0.3 is 0 Å². The first-order valence-corrected chi connectivity index (χ1v) is 4.94. The van der Waals surface area contributed by atoms with Crippen LogP contribution in [0.2, 0.25) is 0 Å². The minimum atomic E-state index is 0.589. The fourth-order valence-electron chi connectivity index (χ4n) is 1.55. The lowest BCUT2D eigenvalue weighted by Crippen LogP contribution is -1.93. The van der Waals surface area contributed by atoms with Crippen molar-refractivity contribution in [2.75, 3.05) is 0 Å². The zero-order valence-corrected chi connectivity index (χ0v) is 8.75. The maximum atomic E-state index is 2.34. The van der Waals surface area contributed by atoms with Crippen molar-refractivity contribution in [3.8, 4) is 0 Å². The van der Waals surface area contributed by atoms with Gasteiger partial charge in [0.05, 0.1) is 0 Å². The zero-order valence-electron chi connectivity index (χ0n) is 8.75. The van der Waals surface area contributed by atoms with E-state index in [9.17, 15) is 0 Å². The smallest absolute Gasteiger partial charge is 0.00178 e. The van der Waals surface area contributed by atoms with Crippen LogP contribution in [0.1, 0.15) is 38.7 Å². The lowest BCUT2D eigenvalue weighted by Gasteiger charge is -2.10. The first kappa shape index (κ1) is 10.0. The molecule has 0 aliphatic rings. The van der Waals surface area contributed by atoms with E-state index in [2.05, 4.69) is 57.2 Å². The zero-order chi connectivity index (χ0) is 9.68. The molecule has 0 saturated heterocycles. The molecule has 0 heterocycles. The van der Waals surface area contributed by atoms with Crippen molar-refractivity contribution in [1.82, 2.24) is 0 Å². The SMILES string of the molecule is CC[C@@H](C=C(C)C)c1ccccc1. The molecule has 0 aliphatic heterocycles. The van der Waals surface area contributed by atoms with E-state index >= 15 is 0 Å². The number of hydrogen-bond donors (Lipinski definition) is 0. The van der Waals surface area contributed by atoms with Gasteiger partial charge in [-0.15, -0.1) is 0 Å². The molecule has 0 heteroatoms. The fraction of sp³-hybridized carbons (Fsp3) is 0.385. The summed E-state index contributed by atoms with van der Waals surface area (Å²) in [7, 11) is 0. The highest BCUT2D eigenvalue weighted by Crippen LogP contribution is 2.21. The van der Waals surface area contributed by atoms with Crippen LogP contribution in [0.5, 0.6) is 0 Å².